The maximum absolute atomic E-state index is 12.9. The second kappa shape index (κ2) is 8.05. The van der Waals surface area contributed by atoms with E-state index in [-0.39, 0.29) is 20.0 Å². The molecule has 26 heavy (non-hydrogen) atoms. The summed E-state index contributed by atoms with van der Waals surface area (Å²) in [5.74, 6) is 0. The third kappa shape index (κ3) is 4.35. The van der Waals surface area contributed by atoms with Crippen LogP contribution in [0.3, 0.4) is 0 Å². The zero-order chi connectivity index (χ0) is 18.9. The lowest BCUT2D eigenvalue weighted by Gasteiger charge is -2.34. The van der Waals surface area contributed by atoms with Crippen molar-refractivity contribution in [3.63, 3.8) is 0 Å². The molecule has 140 valence electrons. The molecule has 2 aromatic carbocycles. The molecule has 0 N–H and O–H groups in total. The monoisotopic (exact) mass is 432 g/mol. The lowest BCUT2D eigenvalue weighted by molar-refractivity contribution is 0.181. The van der Waals surface area contributed by atoms with Crippen molar-refractivity contribution in [2.75, 3.05) is 26.2 Å². The Morgan fingerprint density at radius 3 is 2.08 bits per heavy atom. The van der Waals surface area contributed by atoms with Crippen LogP contribution in [0.15, 0.2) is 41.3 Å². The highest BCUT2D eigenvalue weighted by Crippen LogP contribution is 2.33. The van der Waals surface area contributed by atoms with Gasteiger partial charge in [0, 0.05) is 32.7 Å². The van der Waals surface area contributed by atoms with Crippen LogP contribution in [0.4, 0.5) is 0 Å². The highest BCUT2D eigenvalue weighted by molar-refractivity contribution is 7.89. The second-order valence-electron chi connectivity index (χ2n) is 6.36. The first-order valence-corrected chi connectivity index (χ1v) is 10.8. The number of benzene rings is 2. The van der Waals surface area contributed by atoms with Crippen LogP contribution in [0, 0.1) is 6.92 Å². The Kier molecular flexibility index (Phi) is 6.17. The average Bonchev–Trinajstić information content (AvgIpc) is 2.60. The maximum atomic E-state index is 12.9. The molecule has 3 rings (SSSR count). The molecule has 0 atom stereocenters. The summed E-state index contributed by atoms with van der Waals surface area (Å²) in [5, 5.41) is 0.493. The van der Waals surface area contributed by atoms with Gasteiger partial charge < -0.3 is 0 Å². The smallest absolute Gasteiger partial charge is 0.244 e. The molecular weight excluding hydrogens is 415 g/mol. The Morgan fingerprint density at radius 1 is 0.885 bits per heavy atom. The van der Waals surface area contributed by atoms with Crippen molar-refractivity contribution < 1.29 is 8.42 Å². The Morgan fingerprint density at radius 2 is 1.46 bits per heavy atom. The Bertz CT molecular complexity index is 893. The minimum Gasteiger partial charge on any atom is -0.296 e. The number of aryl methyl sites for hydroxylation is 1. The first-order valence-electron chi connectivity index (χ1n) is 8.20. The molecule has 0 spiro atoms. The summed E-state index contributed by atoms with van der Waals surface area (Å²) in [7, 11) is -3.70. The van der Waals surface area contributed by atoms with E-state index in [1.54, 1.807) is 0 Å². The van der Waals surface area contributed by atoms with Gasteiger partial charge in [-0.25, -0.2) is 8.42 Å². The topological polar surface area (TPSA) is 40.6 Å². The Hall–Kier alpha value is -0.820. The molecule has 0 radical (unpaired) electrons. The van der Waals surface area contributed by atoms with E-state index in [1.807, 2.05) is 0 Å². The largest absolute Gasteiger partial charge is 0.296 e. The summed E-state index contributed by atoms with van der Waals surface area (Å²) in [6.45, 7) is 5.00. The van der Waals surface area contributed by atoms with Gasteiger partial charge in [-0.3, -0.25) is 4.90 Å². The normalized spacial score (nSPS) is 16.8. The fourth-order valence-electron chi connectivity index (χ4n) is 2.92. The first kappa shape index (κ1) is 19.9. The standard InChI is InChI=1S/C18H19Cl3N2O2S/c1-13-2-4-14(5-3-13)12-22-6-8-23(9-7-22)26(24,25)18-11-16(20)15(19)10-17(18)21/h2-5,10-11H,6-9,12H2,1H3. The van der Waals surface area contributed by atoms with E-state index >= 15 is 0 Å². The van der Waals surface area contributed by atoms with Gasteiger partial charge in [0.2, 0.25) is 10.0 Å². The number of nitrogens with zero attached hydrogens (tertiary/aromatic N) is 2. The van der Waals surface area contributed by atoms with Crippen LogP contribution in [0.2, 0.25) is 15.1 Å². The lowest BCUT2D eigenvalue weighted by atomic mass is 10.1. The summed E-state index contributed by atoms with van der Waals surface area (Å²) in [5.41, 5.74) is 2.45. The average molecular weight is 434 g/mol. The lowest BCUT2D eigenvalue weighted by Crippen LogP contribution is -2.48. The predicted octanol–water partition coefficient (Wildman–Crippen LogP) is 4.46. The molecule has 1 saturated heterocycles. The first-order chi connectivity index (χ1) is 12.3. The highest BCUT2D eigenvalue weighted by atomic mass is 35.5. The van der Waals surface area contributed by atoms with Crippen molar-refractivity contribution in [1.29, 1.82) is 0 Å². The molecule has 0 amide bonds. The van der Waals surface area contributed by atoms with E-state index < -0.39 is 10.0 Å². The van der Waals surface area contributed by atoms with Gasteiger partial charge in [-0.2, -0.15) is 4.31 Å². The summed E-state index contributed by atoms with van der Waals surface area (Å²) in [6, 6.07) is 11.1. The number of hydrogen-bond donors (Lipinski definition) is 0. The van der Waals surface area contributed by atoms with E-state index in [9.17, 15) is 8.42 Å². The summed E-state index contributed by atoms with van der Waals surface area (Å²) in [6.07, 6.45) is 0. The number of piperazine rings is 1. The van der Waals surface area contributed by atoms with Crippen molar-refractivity contribution in [1.82, 2.24) is 9.21 Å². The fraction of sp³-hybridized carbons (Fsp3) is 0.333. The van der Waals surface area contributed by atoms with Crippen molar-refractivity contribution in [2.45, 2.75) is 18.4 Å². The van der Waals surface area contributed by atoms with Gasteiger partial charge in [0.15, 0.2) is 0 Å². The van der Waals surface area contributed by atoms with Gasteiger partial charge in [-0.05, 0) is 24.6 Å². The Labute approximate surface area is 169 Å². The second-order valence-corrected chi connectivity index (χ2v) is 9.49. The highest BCUT2D eigenvalue weighted by Gasteiger charge is 2.30. The zero-order valence-corrected chi connectivity index (χ0v) is 17.3. The third-order valence-electron chi connectivity index (χ3n) is 4.45. The van der Waals surface area contributed by atoms with Crippen LogP contribution >= 0.6 is 34.8 Å². The quantitative estimate of drug-likeness (QED) is 0.668. The molecule has 4 nitrogen and oxygen atoms in total. The van der Waals surface area contributed by atoms with Gasteiger partial charge in [-0.15, -0.1) is 0 Å². The predicted molar refractivity (Wildman–Crippen MR) is 107 cm³/mol. The summed E-state index contributed by atoms with van der Waals surface area (Å²) >= 11 is 18.0. The van der Waals surface area contributed by atoms with Crippen molar-refractivity contribution in [3.05, 3.63) is 62.6 Å². The number of sulfonamides is 1. The molecule has 0 bridgehead atoms. The van der Waals surface area contributed by atoms with Crippen LogP contribution in [0.1, 0.15) is 11.1 Å². The minimum atomic E-state index is -3.70. The van der Waals surface area contributed by atoms with Crippen LogP contribution in [0.25, 0.3) is 0 Å². The van der Waals surface area contributed by atoms with Crippen molar-refractivity contribution in [2.24, 2.45) is 0 Å². The number of halogens is 3. The maximum Gasteiger partial charge on any atom is 0.244 e. The third-order valence-corrected chi connectivity index (χ3v) is 7.54. The summed E-state index contributed by atoms with van der Waals surface area (Å²) in [4.78, 5) is 2.24. The molecule has 2 aromatic rings. The van der Waals surface area contributed by atoms with Crippen LogP contribution in [-0.4, -0.2) is 43.8 Å². The van der Waals surface area contributed by atoms with Gasteiger partial charge in [0.05, 0.1) is 15.1 Å². The molecule has 1 aliphatic heterocycles. The minimum absolute atomic E-state index is 0.000510. The van der Waals surface area contributed by atoms with E-state index in [2.05, 4.69) is 36.1 Å². The molecule has 1 aliphatic rings. The number of rotatable bonds is 4. The van der Waals surface area contributed by atoms with Gasteiger partial charge in [0.1, 0.15) is 4.90 Å². The van der Waals surface area contributed by atoms with Crippen LogP contribution in [-0.2, 0) is 16.6 Å². The molecule has 0 unspecified atom stereocenters. The van der Waals surface area contributed by atoms with Crippen molar-refractivity contribution >= 4 is 44.8 Å². The van der Waals surface area contributed by atoms with Gasteiger partial charge >= 0.3 is 0 Å². The molecule has 1 heterocycles. The van der Waals surface area contributed by atoms with Crippen molar-refractivity contribution in [3.8, 4) is 0 Å². The molecule has 1 fully saturated rings. The van der Waals surface area contributed by atoms with Gasteiger partial charge in [-0.1, -0.05) is 64.6 Å². The Balaban J connectivity index is 1.69. The van der Waals surface area contributed by atoms with E-state index in [0.29, 0.717) is 26.2 Å². The molecule has 0 aromatic heterocycles. The van der Waals surface area contributed by atoms with Gasteiger partial charge in [0.25, 0.3) is 0 Å². The van der Waals surface area contributed by atoms with Crippen LogP contribution in [0.5, 0.6) is 0 Å². The van der Waals surface area contributed by atoms with E-state index in [1.165, 1.54) is 27.6 Å². The fourth-order valence-corrected chi connectivity index (χ4v) is 5.32. The molecule has 0 saturated carbocycles. The zero-order valence-electron chi connectivity index (χ0n) is 14.3. The van der Waals surface area contributed by atoms with E-state index in [4.69, 9.17) is 34.8 Å². The van der Waals surface area contributed by atoms with E-state index in [0.717, 1.165) is 6.54 Å². The molecule has 0 aliphatic carbocycles. The number of hydrogen-bond acceptors (Lipinski definition) is 3. The SMILES string of the molecule is Cc1ccc(CN2CCN(S(=O)(=O)c3cc(Cl)c(Cl)cc3Cl)CC2)cc1. The van der Waals surface area contributed by atoms with Crippen LogP contribution < -0.4 is 0 Å². The molecule has 8 heteroatoms. The molecular formula is C18H19Cl3N2O2S. The summed E-state index contributed by atoms with van der Waals surface area (Å²) < 4.78 is 27.2.